The van der Waals surface area contributed by atoms with Crippen molar-refractivity contribution in [3.8, 4) is 5.75 Å². The highest BCUT2D eigenvalue weighted by atomic mass is 35.5. The van der Waals surface area contributed by atoms with Crippen LogP contribution in [0.3, 0.4) is 0 Å². The summed E-state index contributed by atoms with van der Waals surface area (Å²) in [4.78, 5) is 14.4. The van der Waals surface area contributed by atoms with Gasteiger partial charge in [0.05, 0.1) is 12.5 Å². The first-order valence-corrected chi connectivity index (χ1v) is 8.00. The Morgan fingerprint density at radius 1 is 1.18 bits per heavy atom. The van der Waals surface area contributed by atoms with Gasteiger partial charge in [-0.25, -0.2) is 0 Å². The van der Waals surface area contributed by atoms with Crippen LogP contribution in [0, 0.1) is 11.8 Å². The molecule has 1 N–H and O–H groups in total. The number of likely N-dealkylation sites (tertiary alicyclic amines) is 1. The van der Waals surface area contributed by atoms with Crippen LogP contribution in [0.15, 0.2) is 30.3 Å². The van der Waals surface area contributed by atoms with Gasteiger partial charge in [-0.2, -0.15) is 0 Å². The fourth-order valence-corrected chi connectivity index (χ4v) is 3.17. The fourth-order valence-electron chi connectivity index (χ4n) is 3.17. The number of ether oxygens (including phenoxy) is 1. The van der Waals surface area contributed by atoms with Crippen molar-refractivity contribution in [1.82, 2.24) is 10.2 Å². The summed E-state index contributed by atoms with van der Waals surface area (Å²) in [5.74, 6) is 2.06. The van der Waals surface area contributed by atoms with Crippen LogP contribution in [0.1, 0.15) is 19.3 Å². The molecule has 0 radical (unpaired) electrons. The van der Waals surface area contributed by atoms with E-state index in [9.17, 15) is 4.79 Å². The molecule has 2 aliphatic rings. The highest BCUT2D eigenvalue weighted by Crippen LogP contribution is 2.22. The molecule has 22 heavy (non-hydrogen) atoms. The van der Waals surface area contributed by atoms with Gasteiger partial charge >= 0.3 is 0 Å². The van der Waals surface area contributed by atoms with Crippen LogP contribution >= 0.6 is 12.4 Å². The maximum atomic E-state index is 12.3. The van der Waals surface area contributed by atoms with Gasteiger partial charge in [0.15, 0.2) is 0 Å². The largest absolute Gasteiger partial charge is 0.493 e. The highest BCUT2D eigenvalue weighted by molar-refractivity contribution is 5.85. The van der Waals surface area contributed by atoms with Crippen molar-refractivity contribution in [3.05, 3.63) is 30.3 Å². The maximum absolute atomic E-state index is 12.3. The normalized spacial score (nSPS) is 22.2. The summed E-state index contributed by atoms with van der Waals surface area (Å²) in [6.45, 7) is 4.38. The van der Waals surface area contributed by atoms with Crippen LogP contribution in [-0.2, 0) is 4.79 Å². The smallest absolute Gasteiger partial charge is 0.227 e. The summed E-state index contributed by atoms with van der Waals surface area (Å²) in [5.41, 5.74) is 0. The Morgan fingerprint density at radius 3 is 2.55 bits per heavy atom. The van der Waals surface area contributed by atoms with Crippen LogP contribution < -0.4 is 10.1 Å². The van der Waals surface area contributed by atoms with Gasteiger partial charge in [0.1, 0.15) is 5.75 Å². The number of rotatable bonds is 4. The minimum Gasteiger partial charge on any atom is -0.493 e. The summed E-state index contributed by atoms with van der Waals surface area (Å²) in [6, 6.07) is 9.96. The number of halogens is 1. The third kappa shape index (κ3) is 4.37. The Kier molecular flexibility index (Phi) is 6.52. The van der Waals surface area contributed by atoms with Crippen LogP contribution in [-0.4, -0.2) is 43.6 Å². The van der Waals surface area contributed by atoms with Gasteiger partial charge in [-0.3, -0.25) is 4.79 Å². The number of benzene rings is 1. The van der Waals surface area contributed by atoms with E-state index in [1.807, 2.05) is 30.3 Å². The van der Waals surface area contributed by atoms with Crippen molar-refractivity contribution >= 4 is 18.3 Å². The van der Waals surface area contributed by atoms with Crippen LogP contribution in [0.4, 0.5) is 0 Å². The molecule has 1 atom stereocenters. The molecule has 5 heteroatoms. The number of carbonyl (C=O) groups excluding carboxylic acids is 1. The highest BCUT2D eigenvalue weighted by Gasteiger charge is 2.30. The van der Waals surface area contributed by atoms with E-state index in [0.717, 1.165) is 57.8 Å². The predicted octanol–water partition coefficient (Wildman–Crippen LogP) is 2.34. The third-order valence-electron chi connectivity index (χ3n) is 4.56. The molecule has 2 heterocycles. The first-order valence-electron chi connectivity index (χ1n) is 8.00. The van der Waals surface area contributed by atoms with Crippen LogP contribution in [0.25, 0.3) is 0 Å². The molecular formula is C17H25ClN2O2. The van der Waals surface area contributed by atoms with Gasteiger partial charge < -0.3 is 15.0 Å². The molecule has 0 saturated carbocycles. The Morgan fingerprint density at radius 2 is 1.91 bits per heavy atom. The summed E-state index contributed by atoms with van der Waals surface area (Å²) in [6.07, 6.45) is 3.10. The topological polar surface area (TPSA) is 41.6 Å². The number of carbonyl (C=O) groups is 1. The summed E-state index contributed by atoms with van der Waals surface area (Å²) in [7, 11) is 0. The Labute approximate surface area is 138 Å². The van der Waals surface area contributed by atoms with Gasteiger partial charge in [0.25, 0.3) is 0 Å². The number of piperidine rings is 1. The number of amides is 1. The number of nitrogens with one attached hydrogen (secondary N) is 1. The van der Waals surface area contributed by atoms with Crippen molar-refractivity contribution in [2.75, 3.05) is 32.8 Å². The summed E-state index contributed by atoms with van der Waals surface area (Å²) in [5, 5.41) is 3.27. The van der Waals surface area contributed by atoms with Gasteiger partial charge in [0, 0.05) is 19.6 Å². The lowest BCUT2D eigenvalue weighted by atomic mass is 9.96. The molecule has 2 aliphatic heterocycles. The monoisotopic (exact) mass is 324 g/mol. The predicted molar refractivity (Wildman–Crippen MR) is 89.5 cm³/mol. The lowest BCUT2D eigenvalue weighted by molar-refractivity contribution is -0.136. The maximum Gasteiger partial charge on any atom is 0.227 e. The molecule has 2 saturated heterocycles. The standard InChI is InChI=1S/C17H24N2O2.ClH/c20-17(15-6-9-18-12-15)19-10-7-14(8-11-19)13-21-16-4-2-1-3-5-16;/h1-5,14-15,18H,6-13H2;1H. The molecule has 3 rings (SSSR count). The zero-order valence-electron chi connectivity index (χ0n) is 12.9. The van der Waals surface area contributed by atoms with Gasteiger partial charge in [-0.15, -0.1) is 12.4 Å². The van der Waals surface area contributed by atoms with Crippen molar-refractivity contribution < 1.29 is 9.53 Å². The Balaban J connectivity index is 0.00000176. The second-order valence-electron chi connectivity index (χ2n) is 6.08. The minimum absolute atomic E-state index is 0. The number of hydrogen-bond acceptors (Lipinski definition) is 3. The van der Waals surface area contributed by atoms with E-state index < -0.39 is 0 Å². The van der Waals surface area contributed by atoms with Crippen LogP contribution in [0.5, 0.6) is 5.75 Å². The average Bonchev–Trinajstić information content (AvgIpc) is 3.08. The lowest BCUT2D eigenvalue weighted by Crippen LogP contribution is -2.43. The first kappa shape index (κ1) is 17.1. The Bertz CT molecular complexity index is 455. The molecule has 0 aliphatic carbocycles. The van der Waals surface area contributed by atoms with E-state index >= 15 is 0 Å². The molecule has 1 aromatic rings. The van der Waals surface area contributed by atoms with Gasteiger partial charge in [-0.1, -0.05) is 18.2 Å². The molecule has 1 aromatic carbocycles. The first-order chi connectivity index (χ1) is 10.3. The van der Waals surface area contributed by atoms with E-state index in [1.54, 1.807) is 0 Å². The van der Waals surface area contributed by atoms with E-state index in [4.69, 9.17) is 4.74 Å². The Hall–Kier alpha value is -1.26. The average molecular weight is 325 g/mol. The number of para-hydroxylation sites is 1. The van der Waals surface area contributed by atoms with E-state index in [2.05, 4.69) is 10.2 Å². The van der Waals surface area contributed by atoms with E-state index in [1.165, 1.54) is 0 Å². The second kappa shape index (κ2) is 8.39. The molecule has 2 fully saturated rings. The van der Waals surface area contributed by atoms with Gasteiger partial charge in [0.2, 0.25) is 5.91 Å². The molecular weight excluding hydrogens is 300 g/mol. The zero-order chi connectivity index (χ0) is 14.5. The lowest BCUT2D eigenvalue weighted by Gasteiger charge is -2.33. The van der Waals surface area contributed by atoms with E-state index in [-0.39, 0.29) is 18.3 Å². The van der Waals surface area contributed by atoms with Gasteiger partial charge in [-0.05, 0) is 43.9 Å². The SMILES string of the molecule is Cl.O=C(C1CCNC1)N1CCC(COc2ccccc2)CC1. The minimum atomic E-state index is 0. The molecule has 0 bridgehead atoms. The summed E-state index contributed by atoms with van der Waals surface area (Å²) < 4.78 is 5.83. The molecule has 122 valence electrons. The third-order valence-corrected chi connectivity index (χ3v) is 4.56. The molecule has 0 aromatic heterocycles. The van der Waals surface area contributed by atoms with Crippen molar-refractivity contribution in [1.29, 1.82) is 0 Å². The quantitative estimate of drug-likeness (QED) is 0.924. The van der Waals surface area contributed by atoms with E-state index in [0.29, 0.717) is 11.8 Å². The molecule has 4 nitrogen and oxygen atoms in total. The van der Waals surface area contributed by atoms with Crippen molar-refractivity contribution in [3.63, 3.8) is 0 Å². The van der Waals surface area contributed by atoms with Crippen molar-refractivity contribution in [2.24, 2.45) is 11.8 Å². The van der Waals surface area contributed by atoms with Crippen LogP contribution in [0.2, 0.25) is 0 Å². The van der Waals surface area contributed by atoms with Crippen molar-refractivity contribution in [2.45, 2.75) is 19.3 Å². The fraction of sp³-hybridized carbons (Fsp3) is 0.588. The number of hydrogen-bond donors (Lipinski definition) is 1. The number of nitrogens with zero attached hydrogens (tertiary/aromatic N) is 1. The molecule has 1 amide bonds. The second-order valence-corrected chi connectivity index (χ2v) is 6.08. The zero-order valence-corrected chi connectivity index (χ0v) is 13.7. The molecule has 1 unspecified atom stereocenters. The summed E-state index contributed by atoms with van der Waals surface area (Å²) >= 11 is 0. The molecule has 0 spiro atoms.